The lowest BCUT2D eigenvalue weighted by atomic mass is 10.0. The van der Waals surface area contributed by atoms with E-state index in [0.29, 0.717) is 12.5 Å². The highest BCUT2D eigenvalue weighted by atomic mass is 16.5. The van der Waals surface area contributed by atoms with Crippen LogP contribution in [0.5, 0.6) is 5.75 Å². The van der Waals surface area contributed by atoms with Gasteiger partial charge >= 0.3 is 0 Å². The number of rotatable bonds is 5. The maximum Gasteiger partial charge on any atom is 0.119 e. The number of hydrogen-bond acceptors (Lipinski definition) is 2. The van der Waals surface area contributed by atoms with Crippen molar-refractivity contribution < 1.29 is 4.74 Å². The van der Waals surface area contributed by atoms with Gasteiger partial charge in [0, 0.05) is 12.1 Å². The number of nitrogens with two attached hydrogens (primary N) is 1. The zero-order valence-corrected chi connectivity index (χ0v) is 11.6. The summed E-state index contributed by atoms with van der Waals surface area (Å²) in [4.78, 5) is 0. The third-order valence-corrected chi connectivity index (χ3v) is 3.19. The Balaban J connectivity index is 1.83. The lowest BCUT2D eigenvalue weighted by Gasteiger charge is -2.08. The van der Waals surface area contributed by atoms with Crippen molar-refractivity contribution in [3.8, 4) is 5.75 Å². The first-order valence-corrected chi connectivity index (χ1v) is 6.72. The summed E-state index contributed by atoms with van der Waals surface area (Å²) >= 11 is 0. The molecule has 0 aliphatic carbocycles. The molecule has 0 aliphatic rings. The summed E-state index contributed by atoms with van der Waals surface area (Å²) in [5.41, 5.74) is 9.07. The zero-order chi connectivity index (χ0) is 13.7. The summed E-state index contributed by atoms with van der Waals surface area (Å²) in [5, 5.41) is 0. The van der Waals surface area contributed by atoms with E-state index in [4.69, 9.17) is 10.5 Å². The third kappa shape index (κ3) is 4.02. The van der Waals surface area contributed by atoms with Crippen LogP contribution in [0.2, 0.25) is 0 Å². The highest BCUT2D eigenvalue weighted by Gasteiger charge is 1.99. The van der Waals surface area contributed by atoms with Crippen molar-refractivity contribution in [1.82, 2.24) is 0 Å². The van der Waals surface area contributed by atoms with E-state index in [2.05, 4.69) is 38.1 Å². The van der Waals surface area contributed by atoms with Crippen molar-refractivity contribution in [2.75, 3.05) is 12.3 Å². The standard InChI is InChI=1S/C17H21NO/c1-13(2)15-5-3-14(4-6-15)11-12-19-17-9-7-16(18)8-10-17/h3-10,13H,11-12,18H2,1-2H3. The fraction of sp³-hybridized carbons (Fsp3) is 0.294. The Hall–Kier alpha value is -1.96. The molecule has 19 heavy (non-hydrogen) atoms. The van der Waals surface area contributed by atoms with Crippen LogP contribution in [-0.4, -0.2) is 6.61 Å². The zero-order valence-electron chi connectivity index (χ0n) is 11.6. The van der Waals surface area contributed by atoms with Gasteiger partial charge in [-0.3, -0.25) is 0 Å². The molecule has 0 heterocycles. The Morgan fingerprint density at radius 1 is 0.947 bits per heavy atom. The SMILES string of the molecule is CC(C)c1ccc(CCOc2ccc(N)cc2)cc1. The first-order chi connectivity index (χ1) is 9.15. The van der Waals surface area contributed by atoms with E-state index in [9.17, 15) is 0 Å². The van der Waals surface area contributed by atoms with Crippen molar-refractivity contribution in [1.29, 1.82) is 0 Å². The number of hydrogen-bond donors (Lipinski definition) is 1. The van der Waals surface area contributed by atoms with Crippen molar-refractivity contribution >= 4 is 5.69 Å². The van der Waals surface area contributed by atoms with Crippen LogP contribution in [0.1, 0.15) is 30.9 Å². The van der Waals surface area contributed by atoms with Gasteiger partial charge in [0.1, 0.15) is 5.75 Å². The normalized spacial score (nSPS) is 10.7. The van der Waals surface area contributed by atoms with Crippen molar-refractivity contribution in [3.63, 3.8) is 0 Å². The second-order valence-electron chi connectivity index (χ2n) is 5.06. The molecular weight excluding hydrogens is 234 g/mol. The van der Waals surface area contributed by atoms with Gasteiger partial charge in [-0.05, 0) is 41.3 Å². The van der Waals surface area contributed by atoms with E-state index >= 15 is 0 Å². The summed E-state index contributed by atoms with van der Waals surface area (Å²) in [5.74, 6) is 1.45. The molecule has 0 saturated carbocycles. The van der Waals surface area contributed by atoms with Crippen molar-refractivity contribution in [2.45, 2.75) is 26.2 Å². The molecule has 100 valence electrons. The Morgan fingerprint density at radius 3 is 2.16 bits per heavy atom. The number of anilines is 1. The fourth-order valence-corrected chi connectivity index (χ4v) is 1.92. The number of ether oxygens (including phenoxy) is 1. The third-order valence-electron chi connectivity index (χ3n) is 3.19. The molecule has 0 saturated heterocycles. The monoisotopic (exact) mass is 255 g/mol. The molecule has 0 amide bonds. The molecule has 2 heteroatoms. The largest absolute Gasteiger partial charge is 0.493 e. The van der Waals surface area contributed by atoms with Crippen LogP contribution in [0.25, 0.3) is 0 Å². The van der Waals surface area contributed by atoms with E-state index in [1.54, 1.807) is 0 Å². The first kappa shape index (κ1) is 13.5. The molecule has 2 aromatic carbocycles. The second-order valence-corrected chi connectivity index (χ2v) is 5.06. The summed E-state index contributed by atoms with van der Waals surface area (Å²) in [6, 6.07) is 16.3. The summed E-state index contributed by atoms with van der Waals surface area (Å²) < 4.78 is 5.69. The van der Waals surface area contributed by atoms with Gasteiger partial charge in [0.15, 0.2) is 0 Å². The Morgan fingerprint density at radius 2 is 1.58 bits per heavy atom. The van der Waals surface area contributed by atoms with Gasteiger partial charge in [-0.1, -0.05) is 38.1 Å². The topological polar surface area (TPSA) is 35.2 Å². The van der Waals surface area contributed by atoms with Crippen molar-refractivity contribution in [3.05, 3.63) is 59.7 Å². The van der Waals surface area contributed by atoms with Crippen LogP contribution in [-0.2, 0) is 6.42 Å². The summed E-state index contributed by atoms with van der Waals surface area (Å²) in [6.45, 7) is 5.10. The Labute approximate surface area is 115 Å². The maximum atomic E-state index is 5.69. The molecule has 0 radical (unpaired) electrons. The minimum atomic E-state index is 0.583. The predicted octanol–water partition coefficient (Wildman–Crippen LogP) is 4.01. The van der Waals surface area contributed by atoms with E-state index in [1.807, 2.05) is 24.3 Å². The van der Waals surface area contributed by atoms with Gasteiger partial charge in [0.05, 0.1) is 6.61 Å². The average molecular weight is 255 g/mol. The van der Waals surface area contributed by atoms with Crippen LogP contribution in [0.15, 0.2) is 48.5 Å². The maximum absolute atomic E-state index is 5.69. The number of nitrogen functional groups attached to an aromatic ring is 1. The molecule has 2 N–H and O–H groups in total. The highest BCUT2D eigenvalue weighted by Crippen LogP contribution is 2.16. The molecule has 2 rings (SSSR count). The van der Waals surface area contributed by atoms with Crippen molar-refractivity contribution in [2.24, 2.45) is 0 Å². The van der Waals surface area contributed by atoms with Gasteiger partial charge < -0.3 is 10.5 Å². The van der Waals surface area contributed by atoms with Gasteiger partial charge in [-0.2, -0.15) is 0 Å². The molecule has 2 nitrogen and oxygen atoms in total. The molecule has 0 aliphatic heterocycles. The molecule has 0 spiro atoms. The molecule has 0 atom stereocenters. The van der Waals surface area contributed by atoms with Gasteiger partial charge in [0.25, 0.3) is 0 Å². The van der Waals surface area contributed by atoms with Gasteiger partial charge in [-0.15, -0.1) is 0 Å². The molecule has 0 aromatic heterocycles. The van der Waals surface area contributed by atoms with E-state index < -0.39 is 0 Å². The molecule has 2 aromatic rings. The van der Waals surface area contributed by atoms with Gasteiger partial charge in [-0.25, -0.2) is 0 Å². The van der Waals surface area contributed by atoms with Crippen LogP contribution in [0, 0.1) is 0 Å². The second kappa shape index (κ2) is 6.28. The van der Waals surface area contributed by atoms with Crippen LogP contribution >= 0.6 is 0 Å². The predicted molar refractivity (Wildman–Crippen MR) is 80.6 cm³/mol. The molecule has 0 bridgehead atoms. The van der Waals surface area contributed by atoms with Crippen LogP contribution in [0.3, 0.4) is 0 Å². The Bertz CT molecular complexity index is 500. The number of benzene rings is 2. The molecular formula is C17H21NO. The van der Waals surface area contributed by atoms with Crippen LogP contribution in [0.4, 0.5) is 5.69 Å². The van der Waals surface area contributed by atoms with Gasteiger partial charge in [0.2, 0.25) is 0 Å². The lowest BCUT2D eigenvalue weighted by molar-refractivity contribution is 0.322. The summed E-state index contributed by atoms with van der Waals surface area (Å²) in [6.07, 6.45) is 0.919. The average Bonchev–Trinajstić information content (AvgIpc) is 2.41. The fourth-order valence-electron chi connectivity index (χ4n) is 1.92. The Kier molecular flexibility index (Phi) is 4.45. The van der Waals surface area contributed by atoms with E-state index in [0.717, 1.165) is 17.9 Å². The molecule has 0 unspecified atom stereocenters. The lowest BCUT2D eigenvalue weighted by Crippen LogP contribution is -2.01. The van der Waals surface area contributed by atoms with E-state index in [1.165, 1.54) is 11.1 Å². The molecule has 0 fully saturated rings. The van der Waals surface area contributed by atoms with E-state index in [-0.39, 0.29) is 0 Å². The minimum Gasteiger partial charge on any atom is -0.493 e. The smallest absolute Gasteiger partial charge is 0.119 e. The van der Waals surface area contributed by atoms with Crippen LogP contribution < -0.4 is 10.5 Å². The minimum absolute atomic E-state index is 0.583. The first-order valence-electron chi connectivity index (χ1n) is 6.72. The highest BCUT2D eigenvalue weighted by molar-refractivity contribution is 5.41. The summed E-state index contributed by atoms with van der Waals surface area (Å²) in [7, 11) is 0. The quantitative estimate of drug-likeness (QED) is 0.819.